The Bertz CT molecular complexity index is 865. The van der Waals surface area contributed by atoms with Gasteiger partial charge in [-0.2, -0.15) is 8.42 Å². The van der Waals surface area contributed by atoms with Crippen LogP contribution in [0.2, 0.25) is 0 Å². The first-order valence-electron chi connectivity index (χ1n) is 8.29. The molecule has 2 aromatic carbocycles. The van der Waals surface area contributed by atoms with E-state index in [1.165, 1.54) is 13.0 Å². The normalized spacial score (nSPS) is 12.5. The van der Waals surface area contributed by atoms with Crippen molar-refractivity contribution in [3.8, 4) is 5.75 Å². The van der Waals surface area contributed by atoms with Crippen LogP contribution in [-0.2, 0) is 21.5 Å². The Morgan fingerprint density at radius 3 is 2.42 bits per heavy atom. The number of amides is 1. The second kappa shape index (κ2) is 8.31. The van der Waals surface area contributed by atoms with E-state index in [-0.39, 0.29) is 22.6 Å². The van der Waals surface area contributed by atoms with Crippen LogP contribution in [0.1, 0.15) is 32.8 Å². The molecule has 1 amide bonds. The predicted octanol–water partition coefficient (Wildman–Crippen LogP) is 3.74. The predicted molar refractivity (Wildman–Crippen MR) is 96.6 cm³/mol. The molecule has 0 radical (unpaired) electrons. The zero-order valence-electron chi connectivity index (χ0n) is 15.0. The van der Waals surface area contributed by atoms with E-state index in [0.29, 0.717) is 6.54 Å². The molecular weight excluding hydrogens is 357 g/mol. The molecule has 0 N–H and O–H groups in total. The minimum Gasteiger partial charge on any atom is -0.379 e. The quantitative estimate of drug-likeness (QED) is 0.688. The third-order valence-electron chi connectivity index (χ3n) is 4.09. The summed E-state index contributed by atoms with van der Waals surface area (Å²) in [5, 5.41) is 0. The fraction of sp³-hybridized carbons (Fsp3) is 0.316. The molecule has 2 aromatic rings. The standard InChI is InChI=1S/C19H22FNO4S/c1-4-14(2)21(15(3)22)13-16-6-5-7-18(12-16)25-26(23,24)19-10-8-17(20)9-11-19/h5-12,14H,4,13H2,1-3H3. The number of benzene rings is 2. The first-order valence-corrected chi connectivity index (χ1v) is 9.70. The van der Waals surface area contributed by atoms with E-state index < -0.39 is 15.9 Å². The van der Waals surface area contributed by atoms with Crippen molar-refractivity contribution in [1.82, 2.24) is 4.90 Å². The zero-order chi connectivity index (χ0) is 19.3. The van der Waals surface area contributed by atoms with Crippen molar-refractivity contribution in [1.29, 1.82) is 0 Å². The summed E-state index contributed by atoms with van der Waals surface area (Å²) < 4.78 is 42.7. The van der Waals surface area contributed by atoms with Crippen molar-refractivity contribution in [2.75, 3.05) is 0 Å². The van der Waals surface area contributed by atoms with E-state index in [9.17, 15) is 17.6 Å². The molecular formula is C19H22FNO4S. The maximum Gasteiger partial charge on any atom is 0.339 e. The highest BCUT2D eigenvalue weighted by Crippen LogP contribution is 2.21. The van der Waals surface area contributed by atoms with E-state index in [4.69, 9.17) is 4.18 Å². The Morgan fingerprint density at radius 1 is 1.19 bits per heavy atom. The maximum atomic E-state index is 13.0. The van der Waals surface area contributed by atoms with Crippen LogP contribution in [0, 0.1) is 5.82 Å². The number of hydrogen-bond donors (Lipinski definition) is 0. The Morgan fingerprint density at radius 2 is 1.85 bits per heavy atom. The highest BCUT2D eigenvalue weighted by atomic mass is 32.2. The lowest BCUT2D eigenvalue weighted by Gasteiger charge is -2.27. The summed E-state index contributed by atoms with van der Waals surface area (Å²) >= 11 is 0. The molecule has 0 saturated heterocycles. The average molecular weight is 379 g/mol. The van der Waals surface area contributed by atoms with Crippen LogP contribution in [-0.4, -0.2) is 25.3 Å². The molecule has 0 aromatic heterocycles. The van der Waals surface area contributed by atoms with E-state index in [1.807, 2.05) is 13.8 Å². The van der Waals surface area contributed by atoms with Crippen molar-refractivity contribution in [2.45, 2.75) is 44.7 Å². The van der Waals surface area contributed by atoms with E-state index in [0.717, 1.165) is 36.2 Å². The molecule has 26 heavy (non-hydrogen) atoms. The molecule has 0 heterocycles. The third-order valence-corrected chi connectivity index (χ3v) is 5.35. The maximum absolute atomic E-state index is 13.0. The zero-order valence-corrected chi connectivity index (χ0v) is 15.8. The minimum atomic E-state index is -4.06. The molecule has 1 unspecified atom stereocenters. The monoisotopic (exact) mass is 379 g/mol. The van der Waals surface area contributed by atoms with Crippen molar-refractivity contribution < 1.29 is 21.8 Å². The summed E-state index contributed by atoms with van der Waals surface area (Å²) in [6.07, 6.45) is 0.814. The second-order valence-corrected chi connectivity index (χ2v) is 7.59. The van der Waals surface area contributed by atoms with Gasteiger partial charge in [0.1, 0.15) is 16.5 Å². The Labute approximate surface area is 153 Å². The molecule has 7 heteroatoms. The molecule has 0 aliphatic carbocycles. The van der Waals surface area contributed by atoms with E-state index in [2.05, 4.69) is 0 Å². The van der Waals surface area contributed by atoms with Crippen molar-refractivity contribution in [3.63, 3.8) is 0 Å². The summed E-state index contributed by atoms with van der Waals surface area (Å²) in [5.41, 5.74) is 0.757. The van der Waals surface area contributed by atoms with Crippen LogP contribution in [0.15, 0.2) is 53.4 Å². The SMILES string of the molecule is CCC(C)N(Cc1cccc(OS(=O)(=O)c2ccc(F)cc2)c1)C(C)=O. The van der Waals surface area contributed by atoms with Crippen LogP contribution in [0.25, 0.3) is 0 Å². The summed E-state index contributed by atoms with van der Waals surface area (Å²) in [7, 11) is -4.06. The van der Waals surface area contributed by atoms with Crippen molar-refractivity contribution >= 4 is 16.0 Å². The highest BCUT2D eigenvalue weighted by molar-refractivity contribution is 7.87. The fourth-order valence-electron chi connectivity index (χ4n) is 2.47. The first kappa shape index (κ1) is 19.9. The van der Waals surface area contributed by atoms with E-state index in [1.54, 1.807) is 23.1 Å². The minimum absolute atomic E-state index is 0.0513. The van der Waals surface area contributed by atoms with Gasteiger partial charge in [0, 0.05) is 19.5 Å². The average Bonchev–Trinajstić information content (AvgIpc) is 2.59. The number of rotatable bonds is 7. The van der Waals surface area contributed by atoms with Gasteiger partial charge >= 0.3 is 10.1 Å². The van der Waals surface area contributed by atoms with Crippen LogP contribution in [0.4, 0.5) is 4.39 Å². The lowest BCUT2D eigenvalue weighted by molar-refractivity contribution is -0.131. The van der Waals surface area contributed by atoms with Crippen LogP contribution < -0.4 is 4.18 Å². The van der Waals surface area contributed by atoms with Gasteiger partial charge in [0.2, 0.25) is 5.91 Å². The summed E-state index contributed by atoms with van der Waals surface area (Å²) in [4.78, 5) is 13.4. The van der Waals surface area contributed by atoms with Crippen LogP contribution >= 0.6 is 0 Å². The Hall–Kier alpha value is -2.41. The topological polar surface area (TPSA) is 63.7 Å². The second-order valence-electron chi connectivity index (χ2n) is 6.04. The number of carbonyl (C=O) groups excluding carboxylic acids is 1. The molecule has 1 atom stereocenters. The molecule has 2 rings (SSSR count). The molecule has 0 saturated carbocycles. The van der Waals surface area contributed by atoms with Gasteiger partial charge in [0.25, 0.3) is 0 Å². The lowest BCUT2D eigenvalue weighted by atomic mass is 10.1. The van der Waals surface area contributed by atoms with Gasteiger partial charge in [0.05, 0.1) is 0 Å². The number of carbonyl (C=O) groups is 1. The molecule has 0 spiro atoms. The number of halogens is 1. The molecule has 0 fully saturated rings. The van der Waals surface area contributed by atoms with Gasteiger partial charge in [-0.1, -0.05) is 19.1 Å². The summed E-state index contributed by atoms with van der Waals surface area (Å²) in [5.74, 6) is -0.440. The third kappa shape index (κ3) is 5.05. The Balaban J connectivity index is 2.21. The number of nitrogens with zero attached hydrogens (tertiary/aromatic N) is 1. The molecule has 0 bridgehead atoms. The molecule has 140 valence electrons. The van der Waals surface area contributed by atoms with Crippen LogP contribution in [0.3, 0.4) is 0 Å². The van der Waals surface area contributed by atoms with Gasteiger partial charge < -0.3 is 9.08 Å². The van der Waals surface area contributed by atoms with Gasteiger partial charge in [-0.25, -0.2) is 4.39 Å². The van der Waals surface area contributed by atoms with Gasteiger partial charge in [-0.15, -0.1) is 0 Å². The van der Waals surface area contributed by atoms with Crippen LogP contribution in [0.5, 0.6) is 5.75 Å². The van der Waals surface area contributed by atoms with Gasteiger partial charge in [0.15, 0.2) is 0 Å². The number of hydrogen-bond acceptors (Lipinski definition) is 4. The Kier molecular flexibility index (Phi) is 6.37. The fourth-order valence-corrected chi connectivity index (χ4v) is 3.39. The summed E-state index contributed by atoms with van der Waals surface area (Å²) in [6, 6.07) is 11.1. The van der Waals surface area contributed by atoms with Crippen molar-refractivity contribution in [2.24, 2.45) is 0 Å². The first-order chi connectivity index (χ1) is 12.2. The van der Waals surface area contributed by atoms with Gasteiger partial charge in [-0.3, -0.25) is 4.79 Å². The lowest BCUT2D eigenvalue weighted by Crippen LogP contribution is -2.36. The molecule has 0 aliphatic heterocycles. The molecule has 0 aliphatic rings. The van der Waals surface area contributed by atoms with Gasteiger partial charge in [-0.05, 0) is 55.3 Å². The highest BCUT2D eigenvalue weighted by Gasteiger charge is 2.18. The smallest absolute Gasteiger partial charge is 0.339 e. The molecule has 5 nitrogen and oxygen atoms in total. The summed E-state index contributed by atoms with van der Waals surface area (Å²) in [6.45, 7) is 5.82. The van der Waals surface area contributed by atoms with Crippen molar-refractivity contribution in [3.05, 3.63) is 59.9 Å². The van der Waals surface area contributed by atoms with E-state index >= 15 is 0 Å². The largest absolute Gasteiger partial charge is 0.379 e.